The van der Waals surface area contributed by atoms with Crippen LogP contribution in [0.1, 0.15) is 20.8 Å². The third kappa shape index (κ3) is 1.75. The minimum atomic E-state index is -1.09. The number of rotatable bonds is 2. The molecule has 6 heteroatoms. The highest BCUT2D eigenvalue weighted by Crippen LogP contribution is 2.30. The molecule has 6 nitrogen and oxygen atoms in total. The lowest BCUT2D eigenvalue weighted by Gasteiger charge is -2.29. The Bertz CT molecular complexity index is 463. The number of hydrazine groups is 1. The first kappa shape index (κ1) is 11.8. The lowest BCUT2D eigenvalue weighted by atomic mass is 10.1. The molecule has 92 valence electrons. The minimum Gasteiger partial charge on any atom is -0.478 e. The van der Waals surface area contributed by atoms with Crippen LogP contribution >= 0.6 is 0 Å². The van der Waals surface area contributed by atoms with Crippen LogP contribution in [0.3, 0.4) is 0 Å². The summed E-state index contributed by atoms with van der Waals surface area (Å²) in [5, 5.41) is 20.4. The maximum atomic E-state index is 11.1. The third-order valence-electron chi connectivity index (χ3n) is 3.00. The lowest BCUT2D eigenvalue weighted by Crippen LogP contribution is -2.41. The van der Waals surface area contributed by atoms with Gasteiger partial charge in [0.15, 0.2) is 0 Å². The number of carboxylic acid groups (broad SMARTS) is 1. The van der Waals surface area contributed by atoms with Crippen LogP contribution in [0, 0.1) is 0 Å². The van der Waals surface area contributed by atoms with Crippen LogP contribution in [0.5, 0.6) is 0 Å². The summed E-state index contributed by atoms with van der Waals surface area (Å²) in [6, 6.07) is 0.0732. The highest BCUT2D eigenvalue weighted by atomic mass is 16.4. The van der Waals surface area contributed by atoms with Gasteiger partial charge in [-0.2, -0.15) is 0 Å². The zero-order valence-corrected chi connectivity index (χ0v) is 9.93. The fraction of sp³-hybridized carbons (Fsp3) is 0.455. The maximum Gasteiger partial charge on any atom is 0.339 e. The Labute approximate surface area is 98.9 Å². The zero-order chi connectivity index (χ0) is 12.7. The summed E-state index contributed by atoms with van der Waals surface area (Å²) in [7, 11) is 0. The minimum absolute atomic E-state index is 0.0122. The summed E-state index contributed by atoms with van der Waals surface area (Å²) >= 11 is 0. The quantitative estimate of drug-likeness (QED) is 0.640. The van der Waals surface area contributed by atoms with Crippen LogP contribution in [-0.2, 0) is 4.79 Å². The van der Waals surface area contributed by atoms with E-state index < -0.39 is 12.1 Å². The molecule has 2 aliphatic rings. The smallest absolute Gasteiger partial charge is 0.339 e. The van der Waals surface area contributed by atoms with Crippen LogP contribution in [0.2, 0.25) is 0 Å². The van der Waals surface area contributed by atoms with E-state index in [2.05, 4.69) is 10.4 Å². The van der Waals surface area contributed by atoms with E-state index in [1.54, 1.807) is 5.01 Å². The van der Waals surface area contributed by atoms with Gasteiger partial charge in [0, 0.05) is 12.3 Å². The van der Waals surface area contributed by atoms with E-state index in [-0.39, 0.29) is 11.6 Å². The molecule has 2 rings (SSSR count). The first-order valence-corrected chi connectivity index (χ1v) is 5.40. The van der Waals surface area contributed by atoms with Crippen molar-refractivity contribution in [2.75, 3.05) is 0 Å². The molecule has 0 fully saturated rings. The fourth-order valence-corrected chi connectivity index (χ4v) is 1.95. The van der Waals surface area contributed by atoms with Gasteiger partial charge in [0.25, 0.3) is 0 Å². The Kier molecular flexibility index (Phi) is 2.76. The largest absolute Gasteiger partial charge is 0.478 e. The molecular weight excluding hydrogens is 222 g/mol. The van der Waals surface area contributed by atoms with E-state index in [1.807, 2.05) is 13.8 Å². The van der Waals surface area contributed by atoms with E-state index in [0.29, 0.717) is 11.5 Å². The molecule has 0 saturated carbocycles. The Morgan fingerprint density at radius 2 is 2.29 bits per heavy atom. The second kappa shape index (κ2) is 3.97. The molecule has 0 saturated heterocycles. The second-order valence-electron chi connectivity index (χ2n) is 4.23. The van der Waals surface area contributed by atoms with Crippen LogP contribution in [0.4, 0.5) is 0 Å². The molecule has 1 unspecified atom stereocenters. The summed E-state index contributed by atoms with van der Waals surface area (Å²) in [5.41, 5.74) is 4.44. The number of aliphatic hydroxyl groups is 1. The third-order valence-corrected chi connectivity index (χ3v) is 3.00. The molecule has 0 aromatic heterocycles. The maximum absolute atomic E-state index is 11.1. The predicted octanol–water partition coefficient (Wildman–Crippen LogP) is 0.231. The standard InChI is InChI=1S/C11H15N3O3/c1-5-6(2)13-14-9(7(3)15)8(11(16)17)4-12-10(5)14/h4,6-7,13,15H,1-3H3,(H,16,17)/t6?,7-/m0/s1. The van der Waals surface area contributed by atoms with Crippen molar-refractivity contribution in [2.45, 2.75) is 32.9 Å². The predicted molar refractivity (Wildman–Crippen MR) is 62.0 cm³/mol. The monoisotopic (exact) mass is 237 g/mol. The Balaban J connectivity index is 2.53. The van der Waals surface area contributed by atoms with E-state index in [1.165, 1.54) is 13.1 Å². The first-order chi connectivity index (χ1) is 7.93. The zero-order valence-electron chi connectivity index (χ0n) is 9.93. The summed E-state index contributed by atoms with van der Waals surface area (Å²) in [5.74, 6) is -0.430. The summed E-state index contributed by atoms with van der Waals surface area (Å²) in [6.07, 6.45) is 0.410. The Hall–Kier alpha value is -1.66. The number of nitrogens with zero attached hydrogens (tertiary/aromatic N) is 2. The van der Waals surface area contributed by atoms with Crippen molar-refractivity contribution >= 4 is 12.2 Å². The van der Waals surface area contributed by atoms with Gasteiger partial charge >= 0.3 is 5.97 Å². The molecule has 2 aliphatic heterocycles. The number of carbonyl (C=O) groups is 1. The van der Waals surface area contributed by atoms with Gasteiger partial charge in [-0.05, 0) is 26.3 Å². The van der Waals surface area contributed by atoms with Crippen molar-refractivity contribution in [1.29, 1.82) is 0 Å². The number of hydrogen-bond donors (Lipinski definition) is 3. The van der Waals surface area contributed by atoms with Gasteiger partial charge in [-0.15, -0.1) is 0 Å². The number of fused-ring (bicyclic) bond motifs is 1. The Morgan fingerprint density at radius 3 is 2.82 bits per heavy atom. The number of hydrogen-bond acceptors (Lipinski definition) is 5. The molecule has 0 radical (unpaired) electrons. The van der Waals surface area contributed by atoms with Gasteiger partial charge in [-0.25, -0.2) is 15.2 Å². The Morgan fingerprint density at radius 1 is 1.65 bits per heavy atom. The van der Waals surface area contributed by atoms with E-state index in [0.717, 1.165) is 5.57 Å². The van der Waals surface area contributed by atoms with Crippen molar-refractivity contribution in [1.82, 2.24) is 10.4 Å². The first-order valence-electron chi connectivity index (χ1n) is 5.40. The average molecular weight is 237 g/mol. The van der Waals surface area contributed by atoms with Gasteiger partial charge in [-0.3, -0.25) is 5.01 Å². The fourth-order valence-electron chi connectivity index (χ4n) is 1.95. The number of aliphatic hydroxyl groups excluding tert-OH is 1. The molecule has 0 bridgehead atoms. The van der Waals surface area contributed by atoms with Crippen LogP contribution < -0.4 is 5.43 Å². The van der Waals surface area contributed by atoms with Gasteiger partial charge < -0.3 is 10.2 Å². The number of aliphatic imine (C=N–C) groups is 1. The topological polar surface area (TPSA) is 85.2 Å². The summed E-state index contributed by atoms with van der Waals surface area (Å²) in [4.78, 5) is 15.2. The molecule has 2 heterocycles. The molecule has 17 heavy (non-hydrogen) atoms. The molecule has 2 atom stereocenters. The van der Waals surface area contributed by atoms with E-state index in [4.69, 9.17) is 5.11 Å². The van der Waals surface area contributed by atoms with Crippen LogP contribution in [0.15, 0.2) is 27.7 Å². The molecule has 0 aromatic carbocycles. The van der Waals surface area contributed by atoms with Gasteiger partial charge in [0.05, 0.1) is 11.8 Å². The van der Waals surface area contributed by atoms with Gasteiger partial charge in [-0.1, -0.05) is 0 Å². The number of nitrogens with one attached hydrogen (secondary N) is 1. The molecule has 0 spiro atoms. The SMILES string of the molecule is CC1=C2N=CC(C(=O)O)=C([C@H](C)O)N2NC1C. The van der Waals surface area contributed by atoms with Crippen molar-refractivity contribution in [3.63, 3.8) is 0 Å². The van der Waals surface area contributed by atoms with Crippen molar-refractivity contribution < 1.29 is 15.0 Å². The summed E-state index contributed by atoms with van der Waals surface area (Å²) < 4.78 is 0. The van der Waals surface area contributed by atoms with Crippen molar-refractivity contribution in [3.05, 3.63) is 22.7 Å². The second-order valence-corrected chi connectivity index (χ2v) is 4.23. The van der Waals surface area contributed by atoms with Gasteiger partial charge in [0.1, 0.15) is 11.4 Å². The molecule has 3 N–H and O–H groups in total. The van der Waals surface area contributed by atoms with E-state index in [9.17, 15) is 9.90 Å². The van der Waals surface area contributed by atoms with Crippen LogP contribution in [-0.4, -0.2) is 39.6 Å². The van der Waals surface area contributed by atoms with E-state index >= 15 is 0 Å². The van der Waals surface area contributed by atoms with Crippen LogP contribution in [0.25, 0.3) is 0 Å². The van der Waals surface area contributed by atoms with Crippen molar-refractivity contribution in [2.24, 2.45) is 4.99 Å². The molecule has 0 amide bonds. The van der Waals surface area contributed by atoms with Crippen molar-refractivity contribution in [3.8, 4) is 0 Å². The average Bonchev–Trinajstić information content (AvgIpc) is 2.53. The van der Waals surface area contributed by atoms with Gasteiger partial charge in [0.2, 0.25) is 0 Å². The highest BCUT2D eigenvalue weighted by Gasteiger charge is 2.35. The molecule has 0 aromatic rings. The number of carboxylic acids is 1. The highest BCUT2D eigenvalue weighted by molar-refractivity contribution is 6.10. The summed E-state index contributed by atoms with van der Waals surface area (Å²) in [6.45, 7) is 5.42. The normalized spacial score (nSPS) is 25.4. The molecule has 0 aliphatic carbocycles. The lowest BCUT2D eigenvalue weighted by molar-refractivity contribution is -0.132. The number of aliphatic carboxylic acids is 1. The molecular formula is C11H15N3O3.